The van der Waals surface area contributed by atoms with Gasteiger partial charge in [0.25, 0.3) is 0 Å². The molecule has 0 unspecified atom stereocenters. The number of rotatable bonds is 3. The topological polar surface area (TPSA) is 20.2 Å². The number of hydrogen-bond donors (Lipinski definition) is 1. The van der Waals surface area contributed by atoms with Crippen LogP contribution in [0.25, 0.3) is 0 Å². The average molecular weight is 414 g/mol. The normalized spacial score (nSPS) is 8.88. The maximum absolute atomic E-state index is 9.27. The summed E-state index contributed by atoms with van der Waals surface area (Å²) in [5, 5.41) is 9.27. The van der Waals surface area contributed by atoms with Gasteiger partial charge in [-0.3, -0.25) is 0 Å². The first-order valence-electron chi connectivity index (χ1n) is 7.79. The van der Waals surface area contributed by atoms with E-state index in [4.69, 9.17) is 0 Å². The van der Waals surface area contributed by atoms with Crippen molar-refractivity contribution in [2.75, 3.05) is 6.61 Å². The first-order valence-corrected chi connectivity index (χ1v) is 7.79. The van der Waals surface area contributed by atoms with Gasteiger partial charge in [0, 0.05) is 6.61 Å². The molecule has 0 bridgehead atoms. The molecule has 0 heterocycles. The monoisotopic (exact) mass is 414 g/mol. The summed E-state index contributed by atoms with van der Waals surface area (Å²) in [5.41, 5.74) is 2.38. The molecular formula is C22H22Fe2O. The molecule has 0 saturated heterocycles. The van der Waals surface area contributed by atoms with E-state index in [2.05, 4.69) is 0 Å². The second-order valence-corrected chi connectivity index (χ2v) is 5.10. The number of hydrogen-bond acceptors (Lipinski definition) is 1. The molecule has 0 aliphatic heterocycles. The molecule has 0 radical (unpaired) electrons. The van der Waals surface area contributed by atoms with Crippen molar-refractivity contribution < 1.29 is 39.2 Å². The molecule has 1 nitrogen and oxygen atoms in total. The van der Waals surface area contributed by atoms with E-state index in [1.165, 1.54) is 11.1 Å². The quantitative estimate of drug-likeness (QED) is 0.368. The van der Waals surface area contributed by atoms with Gasteiger partial charge in [-0.05, 0) is 0 Å². The zero-order valence-corrected chi connectivity index (χ0v) is 16.0. The fraction of sp³-hybridized carbons (Fsp3) is 0.0909. The van der Waals surface area contributed by atoms with Crippen molar-refractivity contribution in [3.63, 3.8) is 0 Å². The van der Waals surface area contributed by atoms with Crippen LogP contribution in [0.5, 0.6) is 0 Å². The van der Waals surface area contributed by atoms with Gasteiger partial charge in [0.1, 0.15) is 0 Å². The van der Waals surface area contributed by atoms with Crippen molar-refractivity contribution in [1.82, 2.24) is 0 Å². The summed E-state index contributed by atoms with van der Waals surface area (Å²) in [7, 11) is 0. The summed E-state index contributed by atoms with van der Waals surface area (Å²) in [6.07, 6.45) is 0. The van der Waals surface area contributed by atoms with E-state index in [9.17, 15) is 5.11 Å². The van der Waals surface area contributed by atoms with Gasteiger partial charge in [-0.1, -0.05) is 5.92 Å². The zero-order valence-electron chi connectivity index (χ0n) is 13.8. The van der Waals surface area contributed by atoms with Crippen LogP contribution in [-0.4, -0.2) is 11.7 Å². The van der Waals surface area contributed by atoms with Gasteiger partial charge < -0.3 is 5.11 Å². The van der Waals surface area contributed by atoms with Crippen molar-refractivity contribution in [1.29, 1.82) is 0 Å². The molecule has 0 aliphatic carbocycles. The molecule has 4 aromatic rings. The van der Waals surface area contributed by atoms with Crippen LogP contribution < -0.4 is 0 Å². The van der Waals surface area contributed by atoms with E-state index in [-0.39, 0.29) is 46.7 Å². The van der Waals surface area contributed by atoms with Crippen molar-refractivity contribution in [2.24, 2.45) is 0 Å². The third-order valence-corrected chi connectivity index (χ3v) is 3.48. The van der Waals surface area contributed by atoms with E-state index in [1.807, 2.05) is 109 Å². The van der Waals surface area contributed by atoms with Crippen molar-refractivity contribution in [3.8, 4) is 0 Å². The summed E-state index contributed by atoms with van der Waals surface area (Å²) in [6.45, 7) is 0.175. The Labute approximate surface area is 171 Å². The van der Waals surface area contributed by atoms with Crippen LogP contribution in [0.1, 0.15) is 17.0 Å². The molecule has 0 saturated carbocycles. The molecule has 4 rings (SSSR count). The Morgan fingerprint density at radius 1 is 0.600 bits per heavy atom. The SMILES string of the molecule is OCC([c-]1cccc1)[c-]1cccc1.[Fe+2].[Fe+2].c1cc[cH-]c1.c1cc[cH-]c1. The fourth-order valence-electron chi connectivity index (χ4n) is 2.29. The van der Waals surface area contributed by atoms with Crippen molar-refractivity contribution in [3.05, 3.63) is 120 Å². The molecule has 0 spiro atoms. The smallest absolute Gasteiger partial charge is 0.398 e. The summed E-state index contributed by atoms with van der Waals surface area (Å²) < 4.78 is 0. The number of aliphatic hydroxyl groups excluding tert-OH is 1. The predicted molar refractivity (Wildman–Crippen MR) is 97.1 cm³/mol. The maximum Gasteiger partial charge on any atom is 2.00 e. The predicted octanol–water partition coefficient (Wildman–Crippen LogP) is 5.05. The number of aliphatic hydroxyl groups is 1. The van der Waals surface area contributed by atoms with Crippen LogP contribution in [0.15, 0.2) is 109 Å². The Balaban J connectivity index is 0.000000400. The Morgan fingerprint density at radius 3 is 1.12 bits per heavy atom. The Hall–Kier alpha value is -1.60. The van der Waals surface area contributed by atoms with Gasteiger partial charge in [0.2, 0.25) is 0 Å². The Morgan fingerprint density at radius 2 is 0.920 bits per heavy atom. The molecule has 4 aromatic carbocycles. The van der Waals surface area contributed by atoms with Crippen LogP contribution in [-0.2, 0) is 34.1 Å². The molecule has 132 valence electrons. The summed E-state index contributed by atoms with van der Waals surface area (Å²) >= 11 is 0. The van der Waals surface area contributed by atoms with Crippen LogP contribution in [0, 0.1) is 0 Å². The van der Waals surface area contributed by atoms with Crippen LogP contribution in [0.2, 0.25) is 0 Å². The van der Waals surface area contributed by atoms with Crippen LogP contribution in [0.4, 0.5) is 0 Å². The molecule has 1 N–H and O–H groups in total. The molecule has 0 fully saturated rings. The second-order valence-electron chi connectivity index (χ2n) is 5.10. The molecule has 0 aliphatic rings. The van der Waals surface area contributed by atoms with E-state index in [1.54, 1.807) is 0 Å². The van der Waals surface area contributed by atoms with Crippen LogP contribution in [0.3, 0.4) is 0 Å². The van der Waals surface area contributed by atoms with Gasteiger partial charge in [-0.2, -0.15) is 71.8 Å². The zero-order chi connectivity index (χ0) is 16.2. The molecular weight excluding hydrogens is 392 g/mol. The average Bonchev–Trinajstić information content (AvgIpc) is 3.40. The maximum atomic E-state index is 9.27. The Bertz CT molecular complexity index is 568. The third-order valence-electron chi connectivity index (χ3n) is 3.48. The van der Waals surface area contributed by atoms with Crippen molar-refractivity contribution in [2.45, 2.75) is 5.92 Å². The van der Waals surface area contributed by atoms with E-state index in [0.717, 1.165) is 0 Å². The molecule has 25 heavy (non-hydrogen) atoms. The minimum absolute atomic E-state index is 0. The third kappa shape index (κ3) is 8.88. The van der Waals surface area contributed by atoms with Gasteiger partial charge in [-0.15, -0.1) is 0 Å². The Kier molecular flexibility index (Phi) is 13.8. The van der Waals surface area contributed by atoms with E-state index in [0.29, 0.717) is 0 Å². The van der Waals surface area contributed by atoms with Gasteiger partial charge in [0.15, 0.2) is 0 Å². The molecule has 0 amide bonds. The minimum Gasteiger partial charge on any atom is -0.398 e. The van der Waals surface area contributed by atoms with Gasteiger partial charge in [0.05, 0.1) is 0 Å². The van der Waals surface area contributed by atoms with Crippen molar-refractivity contribution >= 4 is 0 Å². The van der Waals surface area contributed by atoms with Crippen LogP contribution >= 0.6 is 0 Å². The van der Waals surface area contributed by atoms with Gasteiger partial charge >= 0.3 is 34.1 Å². The second kappa shape index (κ2) is 14.7. The minimum atomic E-state index is 0. The largest absolute Gasteiger partial charge is 2.00 e. The molecule has 0 aromatic heterocycles. The first kappa shape index (κ1) is 23.4. The summed E-state index contributed by atoms with van der Waals surface area (Å²) in [6, 6.07) is 36.2. The molecule has 3 heteroatoms. The standard InChI is InChI=1S/C12H12O.2C5H5.2Fe/c13-9-12(10-5-1-2-6-10)11-7-3-4-8-11;2*1-2-4-5-3-1;;/h1-8,12-13H,9H2;2*1-5H;;/q-2;2*-1;2*+2. The van der Waals surface area contributed by atoms with E-state index >= 15 is 0 Å². The first-order chi connectivity index (χ1) is 11.4. The summed E-state index contributed by atoms with van der Waals surface area (Å²) in [5.74, 6) is 0.144. The van der Waals surface area contributed by atoms with E-state index < -0.39 is 0 Å². The fourth-order valence-corrected chi connectivity index (χ4v) is 2.29. The summed E-state index contributed by atoms with van der Waals surface area (Å²) in [4.78, 5) is 0. The molecule has 0 atom stereocenters. The van der Waals surface area contributed by atoms with Gasteiger partial charge in [-0.25, -0.2) is 48.5 Å².